The van der Waals surface area contributed by atoms with Crippen molar-refractivity contribution in [2.45, 2.75) is 20.3 Å². The minimum absolute atomic E-state index is 0.230. The van der Waals surface area contributed by atoms with Crippen LogP contribution >= 0.6 is 0 Å². The molecule has 0 heterocycles. The maximum absolute atomic E-state index is 13.0. The summed E-state index contributed by atoms with van der Waals surface area (Å²) in [5, 5.41) is 13.5. The molecule has 0 amide bonds. The van der Waals surface area contributed by atoms with Gasteiger partial charge in [0.1, 0.15) is 5.82 Å². The van der Waals surface area contributed by atoms with Crippen molar-refractivity contribution in [1.82, 2.24) is 0 Å². The second kappa shape index (κ2) is 5.44. The monoisotopic (exact) mass is 226 g/mol. The molecule has 0 aromatic heterocycles. The van der Waals surface area contributed by atoms with Crippen LogP contribution in [-0.4, -0.2) is 11.5 Å². The van der Waals surface area contributed by atoms with Crippen LogP contribution in [0, 0.1) is 21.8 Å². The Labute approximate surface area is 93.6 Å². The highest BCUT2D eigenvalue weighted by atomic mass is 19.1. The molecule has 5 heteroatoms. The molecule has 0 fully saturated rings. The van der Waals surface area contributed by atoms with Gasteiger partial charge in [-0.25, -0.2) is 4.39 Å². The zero-order chi connectivity index (χ0) is 12.1. The largest absolute Gasteiger partial charge is 0.384 e. The van der Waals surface area contributed by atoms with Crippen LogP contribution in [0.2, 0.25) is 0 Å². The quantitative estimate of drug-likeness (QED) is 0.619. The van der Waals surface area contributed by atoms with Crippen molar-refractivity contribution in [3.63, 3.8) is 0 Å². The third kappa shape index (κ3) is 3.49. The lowest BCUT2D eigenvalue weighted by atomic mass is 10.1. The van der Waals surface area contributed by atoms with Crippen LogP contribution in [0.5, 0.6) is 0 Å². The molecule has 1 atom stereocenters. The first kappa shape index (κ1) is 12.4. The molecule has 88 valence electrons. The first-order chi connectivity index (χ1) is 7.52. The van der Waals surface area contributed by atoms with Gasteiger partial charge in [0.15, 0.2) is 0 Å². The number of non-ortho nitro benzene ring substituents is 1. The van der Waals surface area contributed by atoms with Gasteiger partial charge in [-0.1, -0.05) is 20.3 Å². The summed E-state index contributed by atoms with van der Waals surface area (Å²) in [6.07, 6.45) is 1.00. The summed E-state index contributed by atoms with van der Waals surface area (Å²) in [7, 11) is 0. The summed E-state index contributed by atoms with van der Waals surface area (Å²) >= 11 is 0. The van der Waals surface area contributed by atoms with Crippen molar-refractivity contribution in [3.05, 3.63) is 34.1 Å². The fourth-order valence-electron chi connectivity index (χ4n) is 1.22. The third-order valence-corrected chi connectivity index (χ3v) is 2.44. The van der Waals surface area contributed by atoms with Gasteiger partial charge in [-0.2, -0.15) is 0 Å². The normalized spacial score (nSPS) is 12.2. The van der Waals surface area contributed by atoms with Gasteiger partial charge in [-0.3, -0.25) is 10.1 Å². The molecule has 4 nitrogen and oxygen atoms in total. The highest BCUT2D eigenvalue weighted by Gasteiger charge is 2.09. The van der Waals surface area contributed by atoms with Crippen LogP contribution < -0.4 is 5.32 Å². The molecule has 0 spiro atoms. The molecular formula is C11H15FN2O2. The van der Waals surface area contributed by atoms with E-state index in [4.69, 9.17) is 0 Å². The standard InChI is InChI=1S/C11H15FN2O2/c1-3-8(2)7-13-10-4-9(12)5-11(6-10)14(15)16/h4-6,8,13H,3,7H2,1-2H3. The Balaban J connectivity index is 2.76. The molecule has 16 heavy (non-hydrogen) atoms. The van der Waals surface area contributed by atoms with Gasteiger partial charge < -0.3 is 5.32 Å². The average Bonchev–Trinajstić information content (AvgIpc) is 2.25. The van der Waals surface area contributed by atoms with Gasteiger partial charge >= 0.3 is 0 Å². The number of hydrogen-bond acceptors (Lipinski definition) is 3. The van der Waals surface area contributed by atoms with E-state index < -0.39 is 10.7 Å². The summed E-state index contributed by atoms with van der Waals surface area (Å²) in [5.74, 6) is -0.150. The third-order valence-electron chi connectivity index (χ3n) is 2.44. The van der Waals surface area contributed by atoms with E-state index in [0.717, 1.165) is 12.5 Å². The first-order valence-electron chi connectivity index (χ1n) is 5.21. The van der Waals surface area contributed by atoms with Gasteiger partial charge in [-0.15, -0.1) is 0 Å². The van der Waals surface area contributed by atoms with Gasteiger partial charge in [-0.05, 0) is 12.0 Å². The van der Waals surface area contributed by atoms with Crippen LogP contribution in [0.1, 0.15) is 20.3 Å². The van der Waals surface area contributed by atoms with Crippen molar-refractivity contribution in [3.8, 4) is 0 Å². The molecule has 0 saturated heterocycles. The molecular weight excluding hydrogens is 211 g/mol. The summed E-state index contributed by atoms with van der Waals surface area (Å²) in [5.41, 5.74) is 0.221. The highest BCUT2D eigenvalue weighted by Crippen LogP contribution is 2.20. The van der Waals surface area contributed by atoms with Crippen molar-refractivity contribution >= 4 is 11.4 Å². The lowest BCUT2D eigenvalue weighted by molar-refractivity contribution is -0.385. The molecule has 1 aromatic rings. The maximum Gasteiger partial charge on any atom is 0.274 e. The Hall–Kier alpha value is -1.65. The van der Waals surface area contributed by atoms with E-state index in [1.807, 2.05) is 0 Å². The number of rotatable bonds is 5. The van der Waals surface area contributed by atoms with Crippen molar-refractivity contribution in [2.75, 3.05) is 11.9 Å². The summed E-state index contributed by atoms with van der Waals surface area (Å²) in [6, 6.07) is 3.51. The number of nitrogens with one attached hydrogen (secondary N) is 1. The number of anilines is 1. The van der Waals surface area contributed by atoms with Crippen molar-refractivity contribution in [1.29, 1.82) is 0 Å². The van der Waals surface area contributed by atoms with E-state index in [2.05, 4.69) is 19.2 Å². The SMILES string of the molecule is CCC(C)CNc1cc(F)cc([N+](=O)[O-])c1. The molecule has 1 unspecified atom stereocenters. The van der Waals surface area contributed by atoms with E-state index in [9.17, 15) is 14.5 Å². The van der Waals surface area contributed by atoms with Crippen LogP contribution in [0.25, 0.3) is 0 Å². The molecule has 1 aromatic carbocycles. The van der Waals surface area contributed by atoms with Gasteiger partial charge in [0.2, 0.25) is 0 Å². The molecule has 1 N–H and O–H groups in total. The zero-order valence-corrected chi connectivity index (χ0v) is 9.37. The fourth-order valence-corrected chi connectivity index (χ4v) is 1.22. The fraction of sp³-hybridized carbons (Fsp3) is 0.455. The van der Waals surface area contributed by atoms with Crippen molar-refractivity contribution in [2.24, 2.45) is 5.92 Å². The van der Waals surface area contributed by atoms with E-state index in [0.29, 0.717) is 18.2 Å². The Morgan fingerprint density at radius 3 is 2.75 bits per heavy atom. The van der Waals surface area contributed by atoms with Crippen LogP contribution in [0.4, 0.5) is 15.8 Å². The van der Waals surface area contributed by atoms with E-state index >= 15 is 0 Å². The van der Waals surface area contributed by atoms with Crippen molar-refractivity contribution < 1.29 is 9.31 Å². The summed E-state index contributed by atoms with van der Waals surface area (Å²) in [6.45, 7) is 4.79. The Morgan fingerprint density at radius 2 is 2.19 bits per heavy atom. The minimum atomic E-state index is -0.600. The Morgan fingerprint density at radius 1 is 1.50 bits per heavy atom. The van der Waals surface area contributed by atoms with E-state index in [-0.39, 0.29) is 5.69 Å². The number of nitrogens with zero attached hydrogens (tertiary/aromatic N) is 1. The summed E-state index contributed by atoms with van der Waals surface area (Å²) < 4.78 is 13.0. The first-order valence-corrected chi connectivity index (χ1v) is 5.21. The molecule has 0 saturated carbocycles. The summed E-state index contributed by atoms with van der Waals surface area (Å²) in [4.78, 5) is 9.91. The lowest BCUT2D eigenvalue weighted by Gasteiger charge is -2.11. The van der Waals surface area contributed by atoms with Gasteiger partial charge in [0, 0.05) is 18.3 Å². The Bertz CT molecular complexity index is 382. The lowest BCUT2D eigenvalue weighted by Crippen LogP contribution is -2.10. The highest BCUT2D eigenvalue weighted by molar-refractivity contribution is 5.51. The zero-order valence-electron chi connectivity index (χ0n) is 9.37. The molecule has 0 radical (unpaired) electrons. The molecule has 0 bridgehead atoms. The predicted molar refractivity (Wildman–Crippen MR) is 61.0 cm³/mol. The number of nitro benzene ring substituents is 1. The topological polar surface area (TPSA) is 55.2 Å². The predicted octanol–water partition coefficient (Wildman–Crippen LogP) is 3.19. The Kier molecular flexibility index (Phi) is 4.22. The average molecular weight is 226 g/mol. The van der Waals surface area contributed by atoms with E-state index in [1.165, 1.54) is 12.1 Å². The second-order valence-electron chi connectivity index (χ2n) is 3.85. The number of nitro groups is 1. The molecule has 0 aliphatic carbocycles. The molecule has 0 aliphatic rings. The molecule has 0 aliphatic heterocycles. The van der Waals surface area contributed by atoms with Crippen LogP contribution in [0.15, 0.2) is 18.2 Å². The van der Waals surface area contributed by atoms with Crippen LogP contribution in [0.3, 0.4) is 0 Å². The minimum Gasteiger partial charge on any atom is -0.384 e. The number of hydrogen-bond donors (Lipinski definition) is 1. The second-order valence-corrected chi connectivity index (χ2v) is 3.85. The number of halogens is 1. The van der Waals surface area contributed by atoms with E-state index in [1.54, 1.807) is 0 Å². The number of benzene rings is 1. The van der Waals surface area contributed by atoms with Gasteiger partial charge in [0.25, 0.3) is 5.69 Å². The van der Waals surface area contributed by atoms with Crippen LogP contribution in [-0.2, 0) is 0 Å². The molecule has 1 rings (SSSR count). The maximum atomic E-state index is 13.0. The van der Waals surface area contributed by atoms with Gasteiger partial charge in [0.05, 0.1) is 11.0 Å². The smallest absolute Gasteiger partial charge is 0.274 e.